The molecule has 2 aromatic carbocycles. The van der Waals surface area contributed by atoms with Gasteiger partial charge in [0.1, 0.15) is 0 Å². The smallest absolute Gasteiger partial charge is 0.0314 e. The van der Waals surface area contributed by atoms with Crippen LogP contribution in [0, 0.1) is 5.92 Å². The molecule has 1 atom stereocenters. The summed E-state index contributed by atoms with van der Waals surface area (Å²) >= 11 is 0. The quantitative estimate of drug-likeness (QED) is 0.268. The van der Waals surface area contributed by atoms with Gasteiger partial charge in [-0.25, -0.2) is 0 Å². The zero-order valence-electron chi connectivity index (χ0n) is 21.2. The van der Waals surface area contributed by atoms with E-state index < -0.39 is 0 Å². The van der Waals surface area contributed by atoms with Crippen molar-refractivity contribution in [3.63, 3.8) is 0 Å². The Bertz CT molecular complexity index is 1080. The van der Waals surface area contributed by atoms with Crippen LogP contribution in [0.4, 0.5) is 5.69 Å². The van der Waals surface area contributed by atoms with Gasteiger partial charge in [0.2, 0.25) is 0 Å². The van der Waals surface area contributed by atoms with Crippen LogP contribution in [0.15, 0.2) is 102 Å². The zero-order chi connectivity index (χ0) is 24.8. The van der Waals surface area contributed by atoms with Crippen LogP contribution in [0.2, 0.25) is 0 Å². The van der Waals surface area contributed by atoms with Crippen LogP contribution in [0.25, 0.3) is 12.2 Å². The van der Waals surface area contributed by atoms with Gasteiger partial charge in [-0.2, -0.15) is 0 Å². The molecular weight excluding hydrogens is 412 g/mol. The second-order valence-electron chi connectivity index (χ2n) is 8.53. The molecule has 0 aromatic heterocycles. The van der Waals surface area contributed by atoms with Gasteiger partial charge >= 0.3 is 0 Å². The number of anilines is 1. The van der Waals surface area contributed by atoms with E-state index in [2.05, 4.69) is 107 Å². The number of hydrogen-bond donors (Lipinski definition) is 2. The molecule has 0 saturated heterocycles. The van der Waals surface area contributed by atoms with Crippen LogP contribution < -0.4 is 11.5 Å². The number of rotatable bonds is 11. The predicted molar refractivity (Wildman–Crippen MR) is 152 cm³/mol. The fourth-order valence-electron chi connectivity index (χ4n) is 3.64. The van der Waals surface area contributed by atoms with Gasteiger partial charge in [0.05, 0.1) is 0 Å². The Morgan fingerprint density at radius 2 is 1.41 bits per heavy atom. The van der Waals surface area contributed by atoms with E-state index in [1.54, 1.807) is 6.20 Å². The maximum Gasteiger partial charge on any atom is 0.0314 e. The van der Waals surface area contributed by atoms with Crippen molar-refractivity contribution in [2.45, 2.75) is 47.0 Å². The van der Waals surface area contributed by atoms with Gasteiger partial charge < -0.3 is 11.5 Å². The van der Waals surface area contributed by atoms with Crippen molar-refractivity contribution >= 4 is 17.8 Å². The standard InChI is InChI=1S/C32H40N2/c1-5-30-19-16-29(24-31(30)6-2)15-14-27(12-13-28-17-20-32(34)21-18-28)11-9-7-8-10-25(3)26(4)22-23-33/h7-10,12-24,27H,5-6,11,33-34H2,1-4H3/b9-7+,10-8-,13-12+,15-14-,23-22+,26-25-. The highest BCUT2D eigenvalue weighted by atomic mass is 14.5. The van der Waals surface area contributed by atoms with Gasteiger partial charge in [-0.15, -0.1) is 0 Å². The molecule has 0 amide bonds. The molecule has 0 aliphatic heterocycles. The summed E-state index contributed by atoms with van der Waals surface area (Å²) < 4.78 is 0. The Morgan fingerprint density at radius 3 is 2.06 bits per heavy atom. The molecule has 0 bridgehead atoms. The summed E-state index contributed by atoms with van der Waals surface area (Å²) in [6.45, 7) is 8.60. The molecule has 1 unspecified atom stereocenters. The number of nitrogen functional groups attached to an aromatic ring is 1. The van der Waals surface area contributed by atoms with Crippen LogP contribution >= 0.6 is 0 Å². The molecular formula is C32H40N2. The number of benzene rings is 2. The summed E-state index contributed by atoms with van der Waals surface area (Å²) in [7, 11) is 0. The molecule has 0 spiro atoms. The predicted octanol–water partition coefficient (Wildman–Crippen LogP) is 8.05. The topological polar surface area (TPSA) is 52.0 Å². The zero-order valence-corrected chi connectivity index (χ0v) is 21.2. The molecule has 34 heavy (non-hydrogen) atoms. The fourth-order valence-corrected chi connectivity index (χ4v) is 3.64. The summed E-state index contributed by atoms with van der Waals surface area (Å²) in [6.07, 6.45) is 24.1. The minimum atomic E-state index is 0.289. The van der Waals surface area contributed by atoms with E-state index in [0.717, 1.165) is 30.5 Å². The highest BCUT2D eigenvalue weighted by molar-refractivity contribution is 5.56. The highest BCUT2D eigenvalue weighted by Gasteiger charge is 2.01. The van der Waals surface area contributed by atoms with Crippen molar-refractivity contribution in [1.82, 2.24) is 0 Å². The van der Waals surface area contributed by atoms with Crippen LogP contribution in [-0.2, 0) is 12.8 Å². The van der Waals surface area contributed by atoms with E-state index >= 15 is 0 Å². The summed E-state index contributed by atoms with van der Waals surface area (Å²) in [5.41, 5.74) is 19.8. The average molecular weight is 453 g/mol. The molecule has 0 heterocycles. The Balaban J connectivity index is 2.18. The van der Waals surface area contributed by atoms with Gasteiger partial charge in [-0.3, -0.25) is 0 Å². The van der Waals surface area contributed by atoms with Gasteiger partial charge in [-0.1, -0.05) is 92.8 Å². The van der Waals surface area contributed by atoms with Crippen molar-refractivity contribution in [3.8, 4) is 0 Å². The maximum absolute atomic E-state index is 5.83. The van der Waals surface area contributed by atoms with E-state index in [4.69, 9.17) is 11.5 Å². The van der Waals surface area contributed by atoms with Crippen molar-refractivity contribution < 1.29 is 0 Å². The Labute approximate surface area is 206 Å². The molecule has 4 N–H and O–H groups in total. The molecule has 2 rings (SSSR count). The molecule has 2 aromatic rings. The minimum Gasteiger partial charge on any atom is -0.405 e. The lowest BCUT2D eigenvalue weighted by atomic mass is 9.97. The first-order valence-electron chi connectivity index (χ1n) is 12.2. The summed E-state index contributed by atoms with van der Waals surface area (Å²) in [4.78, 5) is 0. The van der Waals surface area contributed by atoms with Crippen molar-refractivity contribution in [1.29, 1.82) is 0 Å². The molecule has 0 radical (unpaired) electrons. The number of hydrogen-bond acceptors (Lipinski definition) is 2. The number of allylic oxidation sites excluding steroid dienone is 9. The van der Waals surface area contributed by atoms with Crippen LogP contribution in [0.1, 0.15) is 56.4 Å². The second-order valence-corrected chi connectivity index (χ2v) is 8.53. The molecule has 0 aliphatic carbocycles. The Morgan fingerprint density at radius 1 is 0.794 bits per heavy atom. The van der Waals surface area contributed by atoms with Gasteiger partial charge in [-0.05, 0) is 96.8 Å². The third-order valence-corrected chi connectivity index (χ3v) is 5.97. The lowest BCUT2D eigenvalue weighted by Crippen LogP contribution is -1.92. The fraction of sp³-hybridized carbons (Fsp3) is 0.250. The second kappa shape index (κ2) is 14.6. The third kappa shape index (κ3) is 9.15. The number of nitrogens with two attached hydrogens (primary N) is 2. The summed E-state index contributed by atoms with van der Waals surface area (Å²) in [5.74, 6) is 0.289. The van der Waals surface area contributed by atoms with Crippen molar-refractivity contribution in [2.75, 3.05) is 5.73 Å². The lowest BCUT2D eigenvalue weighted by Gasteiger charge is -2.08. The minimum absolute atomic E-state index is 0.289. The van der Waals surface area contributed by atoms with Crippen LogP contribution in [0.5, 0.6) is 0 Å². The SMILES string of the molecule is CCc1ccc(/C=C\C(/C=C/c2ccc(N)cc2)C/C=C/C=C\C(C)=C(C)/C=C/N)cc1CC. The van der Waals surface area contributed by atoms with Crippen molar-refractivity contribution in [3.05, 3.63) is 125 Å². The summed E-state index contributed by atoms with van der Waals surface area (Å²) in [5, 5.41) is 0. The van der Waals surface area contributed by atoms with E-state index in [-0.39, 0.29) is 5.92 Å². The van der Waals surface area contributed by atoms with Gasteiger partial charge in [0.25, 0.3) is 0 Å². The molecule has 0 aliphatic rings. The first kappa shape index (κ1) is 26.7. The largest absolute Gasteiger partial charge is 0.405 e. The van der Waals surface area contributed by atoms with E-state index in [1.165, 1.54) is 27.8 Å². The first-order valence-corrected chi connectivity index (χ1v) is 12.2. The maximum atomic E-state index is 5.83. The molecule has 0 saturated carbocycles. The lowest BCUT2D eigenvalue weighted by molar-refractivity contribution is 0.840. The Kier molecular flexibility index (Phi) is 11.5. The number of aryl methyl sites for hydroxylation is 2. The molecule has 2 heteroatoms. The molecule has 0 fully saturated rings. The molecule has 178 valence electrons. The Hall–Kier alpha value is -3.52. The average Bonchev–Trinajstić information content (AvgIpc) is 2.85. The van der Waals surface area contributed by atoms with E-state index in [9.17, 15) is 0 Å². The third-order valence-electron chi connectivity index (χ3n) is 5.97. The van der Waals surface area contributed by atoms with Crippen LogP contribution in [0.3, 0.4) is 0 Å². The van der Waals surface area contributed by atoms with Gasteiger partial charge in [0, 0.05) is 5.69 Å². The first-order chi connectivity index (χ1) is 16.5. The van der Waals surface area contributed by atoms with E-state index in [1.807, 2.05) is 18.2 Å². The molecule has 2 nitrogen and oxygen atoms in total. The van der Waals surface area contributed by atoms with Crippen LogP contribution in [-0.4, -0.2) is 0 Å². The highest BCUT2D eigenvalue weighted by Crippen LogP contribution is 2.18. The van der Waals surface area contributed by atoms with E-state index in [0.29, 0.717) is 0 Å². The van der Waals surface area contributed by atoms with Gasteiger partial charge in [0.15, 0.2) is 0 Å². The normalized spacial score (nSPS) is 14.2. The monoisotopic (exact) mass is 452 g/mol. The summed E-state index contributed by atoms with van der Waals surface area (Å²) in [6, 6.07) is 14.8. The van der Waals surface area contributed by atoms with Crippen molar-refractivity contribution in [2.24, 2.45) is 11.7 Å².